The van der Waals surface area contributed by atoms with Crippen molar-refractivity contribution >= 4 is 39.2 Å². The van der Waals surface area contributed by atoms with E-state index in [1.54, 1.807) is 23.0 Å². The summed E-state index contributed by atoms with van der Waals surface area (Å²) in [6, 6.07) is 10.7. The van der Waals surface area contributed by atoms with Gasteiger partial charge in [-0.3, -0.25) is 19.5 Å². The van der Waals surface area contributed by atoms with Crippen LogP contribution in [0.5, 0.6) is 0 Å². The summed E-state index contributed by atoms with van der Waals surface area (Å²) in [7, 11) is -2.90. The Morgan fingerprint density at radius 1 is 1.19 bits per heavy atom. The lowest BCUT2D eigenvalue weighted by Gasteiger charge is -2.13. The number of hydrogen-bond donors (Lipinski definition) is 0. The molecule has 4 rings (SSSR count). The normalized spacial score (nSPS) is 11.8. The van der Waals surface area contributed by atoms with Crippen molar-refractivity contribution in [2.45, 2.75) is 4.90 Å². The van der Waals surface area contributed by atoms with Crippen LogP contribution in [0, 0.1) is 10.1 Å². The van der Waals surface area contributed by atoms with Gasteiger partial charge in [-0.15, -0.1) is 0 Å². The lowest BCUT2D eigenvalue weighted by Crippen LogP contribution is -2.22. The number of fused-ring (bicyclic) bond motifs is 1. The fourth-order valence-electron chi connectivity index (χ4n) is 2.95. The van der Waals surface area contributed by atoms with Gasteiger partial charge < -0.3 is 0 Å². The smallest absolute Gasteiger partial charge is 0.289 e. The van der Waals surface area contributed by atoms with E-state index in [2.05, 4.69) is 15.1 Å². The fraction of sp³-hybridized carbons (Fsp3) is 0.0500. The van der Waals surface area contributed by atoms with Crippen LogP contribution in [0.25, 0.3) is 16.8 Å². The van der Waals surface area contributed by atoms with E-state index >= 15 is 0 Å². The molecule has 0 atom stereocenters. The lowest BCUT2D eigenvalue weighted by molar-refractivity contribution is -0.384. The van der Waals surface area contributed by atoms with Gasteiger partial charge in [0, 0.05) is 42.8 Å². The molecule has 162 valence electrons. The third-order valence-corrected chi connectivity index (χ3v) is 6.60. The number of hydrazone groups is 1. The molecule has 0 aliphatic carbocycles. The van der Waals surface area contributed by atoms with Crippen LogP contribution in [0.4, 0.5) is 5.69 Å². The Bertz CT molecular complexity index is 1450. The van der Waals surface area contributed by atoms with Gasteiger partial charge in [0.1, 0.15) is 10.7 Å². The summed E-state index contributed by atoms with van der Waals surface area (Å²) in [5.41, 5.74) is 2.49. The highest BCUT2D eigenvalue weighted by Gasteiger charge is 2.24. The molecule has 32 heavy (non-hydrogen) atoms. The molecule has 10 nitrogen and oxygen atoms in total. The first kappa shape index (κ1) is 21.4. The predicted octanol–water partition coefficient (Wildman–Crippen LogP) is 3.61. The Kier molecular flexibility index (Phi) is 5.59. The van der Waals surface area contributed by atoms with Gasteiger partial charge in [0.2, 0.25) is 0 Å². The molecule has 0 N–H and O–H groups in total. The van der Waals surface area contributed by atoms with Crippen molar-refractivity contribution in [3.63, 3.8) is 0 Å². The summed E-state index contributed by atoms with van der Waals surface area (Å²) in [5.74, 6) is 0. The quantitative estimate of drug-likeness (QED) is 0.241. The minimum atomic E-state index is -4.14. The van der Waals surface area contributed by atoms with Crippen molar-refractivity contribution in [2.24, 2.45) is 5.10 Å². The topological polar surface area (TPSA) is 123 Å². The van der Waals surface area contributed by atoms with E-state index in [4.69, 9.17) is 11.6 Å². The second-order valence-corrected chi connectivity index (χ2v) is 8.98. The van der Waals surface area contributed by atoms with Crippen LogP contribution in [-0.2, 0) is 10.0 Å². The molecule has 3 heterocycles. The van der Waals surface area contributed by atoms with Crippen LogP contribution >= 0.6 is 11.6 Å². The summed E-state index contributed by atoms with van der Waals surface area (Å²) < 4.78 is 28.1. The Morgan fingerprint density at radius 3 is 2.72 bits per heavy atom. The lowest BCUT2D eigenvalue weighted by atomic mass is 10.1. The average Bonchev–Trinajstić information content (AvgIpc) is 3.20. The van der Waals surface area contributed by atoms with Crippen molar-refractivity contribution in [2.75, 3.05) is 7.05 Å². The van der Waals surface area contributed by atoms with E-state index in [1.165, 1.54) is 19.3 Å². The minimum absolute atomic E-state index is 0.157. The van der Waals surface area contributed by atoms with Gasteiger partial charge in [-0.25, -0.2) is 4.98 Å². The van der Waals surface area contributed by atoms with Crippen LogP contribution in [0.15, 0.2) is 77.2 Å². The Hall–Kier alpha value is -3.83. The molecule has 0 saturated heterocycles. The molecule has 12 heteroatoms. The van der Waals surface area contributed by atoms with E-state index in [1.807, 2.05) is 30.5 Å². The van der Waals surface area contributed by atoms with Crippen LogP contribution < -0.4 is 0 Å². The number of rotatable bonds is 6. The maximum atomic E-state index is 12.8. The molecular formula is C20H15ClN6O4S. The van der Waals surface area contributed by atoms with E-state index in [0.29, 0.717) is 11.3 Å². The van der Waals surface area contributed by atoms with Gasteiger partial charge in [0.15, 0.2) is 0 Å². The Labute approximate surface area is 187 Å². The zero-order valence-electron chi connectivity index (χ0n) is 16.5. The largest absolute Gasteiger partial charge is 0.298 e. The highest BCUT2D eigenvalue weighted by Crippen LogP contribution is 2.28. The van der Waals surface area contributed by atoms with E-state index < -0.39 is 20.6 Å². The minimum Gasteiger partial charge on any atom is -0.298 e. The standard InChI is InChI=1S/C20H15ClN6O4S/c1-25(32(30,31)17-5-6-18(21)19(9-17)27(28)29)24-12-16-11-23-20-7-4-15(13-26(16)20)14-3-2-8-22-10-14/h2-13H,1H3. The molecule has 0 saturated carbocycles. The molecule has 0 aliphatic heterocycles. The van der Waals surface area contributed by atoms with Gasteiger partial charge in [0.25, 0.3) is 15.7 Å². The second kappa shape index (κ2) is 8.36. The zero-order chi connectivity index (χ0) is 22.9. The maximum absolute atomic E-state index is 12.8. The first-order chi connectivity index (χ1) is 15.3. The van der Waals surface area contributed by atoms with Crippen molar-refractivity contribution in [3.05, 3.63) is 88.1 Å². The number of nitrogens with zero attached hydrogens (tertiary/aromatic N) is 6. The molecule has 4 aromatic rings. The van der Waals surface area contributed by atoms with Crippen LogP contribution in [0.3, 0.4) is 0 Å². The highest BCUT2D eigenvalue weighted by atomic mass is 35.5. The van der Waals surface area contributed by atoms with E-state index in [-0.39, 0.29) is 9.92 Å². The highest BCUT2D eigenvalue weighted by molar-refractivity contribution is 7.89. The predicted molar refractivity (Wildman–Crippen MR) is 119 cm³/mol. The van der Waals surface area contributed by atoms with Crippen molar-refractivity contribution in [3.8, 4) is 11.1 Å². The first-order valence-electron chi connectivity index (χ1n) is 9.12. The number of imidazole rings is 1. The fourth-order valence-corrected chi connectivity index (χ4v) is 4.11. The number of hydrogen-bond acceptors (Lipinski definition) is 7. The van der Waals surface area contributed by atoms with Crippen molar-refractivity contribution < 1.29 is 13.3 Å². The number of pyridine rings is 2. The zero-order valence-corrected chi connectivity index (χ0v) is 18.1. The molecule has 0 radical (unpaired) electrons. The number of aromatic nitrogens is 3. The SMILES string of the molecule is CN(N=Cc1cnc2ccc(-c3cccnc3)cn12)S(=O)(=O)c1ccc(Cl)c([N+](=O)[O-])c1. The summed E-state index contributed by atoms with van der Waals surface area (Å²) in [6.07, 6.45) is 8.16. The maximum Gasteiger partial charge on any atom is 0.289 e. The molecule has 0 bridgehead atoms. The molecule has 0 amide bonds. The molecule has 0 fully saturated rings. The average molecular weight is 471 g/mol. The number of sulfonamides is 1. The molecule has 3 aromatic heterocycles. The van der Waals surface area contributed by atoms with Crippen molar-refractivity contribution in [1.82, 2.24) is 18.8 Å². The third-order valence-electron chi connectivity index (χ3n) is 4.64. The van der Waals surface area contributed by atoms with Crippen LogP contribution in [-0.4, -0.2) is 45.4 Å². The van der Waals surface area contributed by atoms with Gasteiger partial charge in [-0.05, 0) is 30.3 Å². The van der Waals surface area contributed by atoms with E-state index in [9.17, 15) is 18.5 Å². The summed E-state index contributed by atoms with van der Waals surface area (Å²) in [6.45, 7) is 0. The van der Waals surface area contributed by atoms with Crippen LogP contribution in [0.1, 0.15) is 5.69 Å². The van der Waals surface area contributed by atoms with Gasteiger partial charge in [-0.1, -0.05) is 17.7 Å². The summed E-state index contributed by atoms with van der Waals surface area (Å²) >= 11 is 5.77. The Balaban J connectivity index is 1.65. The van der Waals surface area contributed by atoms with Gasteiger partial charge in [-0.2, -0.15) is 17.9 Å². The van der Waals surface area contributed by atoms with Crippen LogP contribution in [0.2, 0.25) is 5.02 Å². The third kappa shape index (κ3) is 4.03. The second-order valence-electron chi connectivity index (χ2n) is 6.62. The first-order valence-corrected chi connectivity index (χ1v) is 10.9. The number of nitro groups is 1. The molecule has 0 spiro atoms. The number of benzene rings is 1. The number of nitro benzene ring substituents is 1. The monoisotopic (exact) mass is 470 g/mol. The summed E-state index contributed by atoms with van der Waals surface area (Å²) in [4.78, 5) is 18.4. The number of halogens is 1. The van der Waals surface area contributed by atoms with Crippen molar-refractivity contribution in [1.29, 1.82) is 0 Å². The summed E-state index contributed by atoms with van der Waals surface area (Å²) in [5, 5.41) is 14.9. The molecule has 0 unspecified atom stereocenters. The van der Waals surface area contributed by atoms with Gasteiger partial charge in [0.05, 0.1) is 27.9 Å². The Morgan fingerprint density at radius 2 is 2.00 bits per heavy atom. The molecular weight excluding hydrogens is 456 g/mol. The molecule has 1 aromatic carbocycles. The van der Waals surface area contributed by atoms with Gasteiger partial charge >= 0.3 is 0 Å². The molecule has 0 aliphatic rings. The van der Waals surface area contributed by atoms with E-state index in [0.717, 1.165) is 27.7 Å².